The van der Waals surface area contributed by atoms with Crippen LogP contribution in [0.5, 0.6) is 0 Å². The highest BCUT2D eigenvalue weighted by molar-refractivity contribution is 7.75. The highest BCUT2D eigenvalue weighted by Gasteiger charge is 2.17. The third kappa shape index (κ3) is 6.35. The van der Waals surface area contributed by atoms with E-state index < -0.39 is 22.2 Å². The fraction of sp³-hybridized carbons (Fsp3) is 0.409. The molecule has 2 aromatic rings. The van der Waals surface area contributed by atoms with E-state index in [1.807, 2.05) is 27.7 Å². The number of aliphatic hydroxyl groups is 1. The number of nitrogens with zero attached hydrogens (tertiary/aromatic N) is 1. The number of anilines is 1. The maximum atomic E-state index is 14.0. The lowest BCUT2D eigenvalue weighted by atomic mass is 9.92. The number of hydrogen-bond acceptors (Lipinski definition) is 5. The molecule has 0 aliphatic heterocycles. The Morgan fingerprint density at radius 2 is 1.53 bits per heavy atom. The number of carbonyl (C=O) groups excluding carboxylic acids is 1. The molecule has 0 aliphatic carbocycles. The Morgan fingerprint density at radius 1 is 1.07 bits per heavy atom. The normalized spacial score (nSPS) is 12.7. The van der Waals surface area contributed by atoms with E-state index in [1.54, 1.807) is 38.1 Å². The van der Waals surface area contributed by atoms with Gasteiger partial charge in [0, 0.05) is 5.69 Å². The Hall–Kier alpha value is -2.29. The molecule has 0 aliphatic rings. The summed E-state index contributed by atoms with van der Waals surface area (Å²) in [5.41, 5.74) is 1.49. The minimum Gasteiger partial charge on any atom is -0.439 e. The first-order valence-corrected chi connectivity index (χ1v) is 10.6. The van der Waals surface area contributed by atoms with Crippen LogP contribution in [0.15, 0.2) is 45.7 Å². The molecule has 0 unspecified atom stereocenters. The van der Waals surface area contributed by atoms with E-state index in [1.165, 1.54) is 12.1 Å². The van der Waals surface area contributed by atoms with Gasteiger partial charge in [0.05, 0.1) is 5.60 Å². The Labute approximate surface area is 179 Å². The predicted molar refractivity (Wildman–Crippen MR) is 119 cm³/mol. The minimum absolute atomic E-state index is 0. The van der Waals surface area contributed by atoms with Crippen molar-refractivity contribution in [1.82, 2.24) is 6.15 Å². The van der Waals surface area contributed by atoms with Crippen molar-refractivity contribution in [2.24, 2.45) is 4.36 Å². The van der Waals surface area contributed by atoms with Crippen LogP contribution in [0.4, 0.5) is 14.9 Å². The standard InChI is InChI=1S/C22H28FN2O3S.H3N/c1-13(2)18-11-16(23)12-19(14(3)4)20(18)24-21(26)25-29(28)17-9-7-15(8-10-17)22(5,6)27;/h7-14,27H,1-6H3,(H,24,26);1H3/q-1;. The Morgan fingerprint density at radius 3 is 1.93 bits per heavy atom. The second kappa shape index (κ2) is 10.1. The molecule has 0 atom stereocenters. The van der Waals surface area contributed by atoms with Crippen molar-refractivity contribution >= 4 is 22.3 Å². The van der Waals surface area contributed by atoms with Gasteiger partial charge >= 0.3 is 6.03 Å². The fourth-order valence-electron chi connectivity index (χ4n) is 2.94. The van der Waals surface area contributed by atoms with Gasteiger partial charge in [-0.25, -0.2) is 9.18 Å². The first kappa shape index (κ1) is 25.7. The van der Waals surface area contributed by atoms with Crippen LogP contribution in [0.3, 0.4) is 0 Å². The number of rotatable bonds is 5. The summed E-state index contributed by atoms with van der Waals surface area (Å²) in [4.78, 5) is 12.8. The molecule has 6 nitrogen and oxygen atoms in total. The first-order valence-electron chi connectivity index (χ1n) is 9.51. The lowest BCUT2D eigenvalue weighted by Crippen LogP contribution is -2.15. The van der Waals surface area contributed by atoms with Crippen LogP contribution < -0.4 is 11.5 Å². The first-order chi connectivity index (χ1) is 13.4. The summed E-state index contributed by atoms with van der Waals surface area (Å²) in [7, 11) is -1.90. The molecule has 166 valence electrons. The molecular formula is C22H31FN3O3S-. The van der Waals surface area contributed by atoms with E-state index in [2.05, 4.69) is 9.68 Å². The molecule has 0 aromatic heterocycles. The van der Waals surface area contributed by atoms with E-state index in [9.17, 15) is 18.5 Å². The number of halogens is 1. The molecule has 2 rings (SSSR count). The molecule has 0 bridgehead atoms. The van der Waals surface area contributed by atoms with Crippen LogP contribution in [-0.2, 0) is 20.4 Å². The van der Waals surface area contributed by atoms with Crippen LogP contribution >= 0.6 is 0 Å². The maximum absolute atomic E-state index is 14.0. The van der Waals surface area contributed by atoms with Gasteiger partial charge in [0.15, 0.2) is 0 Å². The topological polar surface area (TPSA) is 114 Å². The van der Waals surface area contributed by atoms with E-state index in [0.29, 0.717) is 27.3 Å². The van der Waals surface area contributed by atoms with Crippen molar-refractivity contribution in [3.05, 3.63) is 58.9 Å². The van der Waals surface area contributed by atoms with Crippen LogP contribution in [0, 0.1) is 5.82 Å². The van der Waals surface area contributed by atoms with Gasteiger partial charge in [-0.05, 0) is 54.5 Å². The van der Waals surface area contributed by atoms with E-state index in [-0.39, 0.29) is 23.8 Å². The quantitative estimate of drug-likeness (QED) is 0.484. The monoisotopic (exact) mass is 436 g/mol. The molecule has 0 saturated heterocycles. The highest BCUT2D eigenvalue weighted by Crippen LogP contribution is 2.33. The van der Waals surface area contributed by atoms with Crippen molar-refractivity contribution in [3.8, 4) is 0 Å². The number of benzene rings is 2. The fourth-order valence-corrected chi connectivity index (χ4v) is 3.61. The Balaban J connectivity index is 0.00000450. The zero-order valence-electron chi connectivity index (χ0n) is 18.3. The van der Waals surface area contributed by atoms with Crippen LogP contribution in [0.1, 0.15) is 70.1 Å². The minimum atomic E-state index is -1.90. The second-order valence-electron chi connectivity index (χ2n) is 8.12. The summed E-state index contributed by atoms with van der Waals surface area (Å²) in [5.74, 6) is -0.389. The van der Waals surface area contributed by atoms with Crippen molar-refractivity contribution in [2.45, 2.75) is 63.9 Å². The van der Waals surface area contributed by atoms with Crippen LogP contribution in [-0.4, -0.2) is 11.1 Å². The number of urea groups is 1. The van der Waals surface area contributed by atoms with Crippen molar-refractivity contribution in [3.63, 3.8) is 0 Å². The average molecular weight is 437 g/mol. The lowest BCUT2D eigenvalue weighted by Gasteiger charge is -2.20. The second-order valence-corrected chi connectivity index (χ2v) is 9.27. The average Bonchev–Trinajstić information content (AvgIpc) is 2.61. The largest absolute Gasteiger partial charge is 0.439 e. The molecule has 0 fully saturated rings. The summed E-state index contributed by atoms with van der Waals surface area (Å²) in [5, 5.41) is 12.7. The Bertz CT molecular complexity index is 945. The zero-order valence-corrected chi connectivity index (χ0v) is 19.1. The summed E-state index contributed by atoms with van der Waals surface area (Å²) in [6, 6.07) is 8.47. The van der Waals surface area contributed by atoms with E-state index in [4.69, 9.17) is 0 Å². The summed E-state index contributed by atoms with van der Waals surface area (Å²) in [6.07, 6.45) is 0. The summed E-state index contributed by atoms with van der Waals surface area (Å²) < 4.78 is 30.2. The van der Waals surface area contributed by atoms with Gasteiger partial charge in [-0.2, -0.15) is 10.6 Å². The van der Waals surface area contributed by atoms with Gasteiger partial charge in [-0.1, -0.05) is 56.9 Å². The molecule has 0 heterocycles. The van der Waals surface area contributed by atoms with E-state index in [0.717, 1.165) is 0 Å². The molecule has 8 heteroatoms. The third-order valence-electron chi connectivity index (χ3n) is 4.57. The molecule has 0 spiro atoms. The predicted octanol–water partition coefficient (Wildman–Crippen LogP) is 6.20. The van der Waals surface area contributed by atoms with Gasteiger partial charge in [-0.3, -0.25) is 0 Å². The number of nitrogens with one attached hydrogen (secondary N) is 1. The summed E-state index contributed by atoms with van der Waals surface area (Å²) in [6.45, 7) is 10.9. The summed E-state index contributed by atoms with van der Waals surface area (Å²) >= 11 is 0. The maximum Gasteiger partial charge on any atom is 0.322 e. The van der Waals surface area contributed by atoms with Gasteiger partial charge in [0.1, 0.15) is 5.82 Å². The van der Waals surface area contributed by atoms with Crippen molar-refractivity contribution in [2.75, 3.05) is 5.32 Å². The number of hydrogen-bond donors (Lipinski definition) is 3. The van der Waals surface area contributed by atoms with Gasteiger partial charge in [-0.15, -0.1) is 0 Å². The SMILES string of the molecule is CC(C)c1cc(F)cc(C(C)C)c1NC(=O)N=[S-](=O)c1ccc(C(C)(C)O)cc1.N. The van der Waals surface area contributed by atoms with Gasteiger partial charge < -0.3 is 25.1 Å². The number of amides is 2. The van der Waals surface area contributed by atoms with Crippen LogP contribution in [0.2, 0.25) is 0 Å². The molecule has 30 heavy (non-hydrogen) atoms. The molecule has 2 aromatic carbocycles. The number of carbonyl (C=O) groups is 1. The van der Waals surface area contributed by atoms with Crippen molar-refractivity contribution < 1.29 is 18.5 Å². The molecule has 2 amide bonds. The molecule has 5 N–H and O–H groups in total. The lowest BCUT2D eigenvalue weighted by molar-refractivity contribution is 0.0785. The zero-order chi connectivity index (χ0) is 21.9. The highest BCUT2D eigenvalue weighted by atomic mass is 32.2. The van der Waals surface area contributed by atoms with E-state index >= 15 is 0 Å². The molecule has 0 saturated carbocycles. The van der Waals surface area contributed by atoms with Gasteiger partial charge in [0.25, 0.3) is 0 Å². The van der Waals surface area contributed by atoms with Gasteiger partial charge in [0.2, 0.25) is 0 Å². The third-order valence-corrected chi connectivity index (χ3v) is 5.58. The molecular weight excluding hydrogens is 405 g/mol. The molecule has 0 radical (unpaired) electrons. The smallest absolute Gasteiger partial charge is 0.322 e. The van der Waals surface area contributed by atoms with Crippen molar-refractivity contribution in [1.29, 1.82) is 0 Å². The Kier molecular flexibility index (Phi) is 8.71. The van der Waals surface area contributed by atoms with Crippen LogP contribution in [0.25, 0.3) is 0 Å².